The lowest BCUT2D eigenvalue weighted by Gasteiger charge is -2.12. The quantitative estimate of drug-likeness (QED) is 0.800. The second-order valence-electron chi connectivity index (χ2n) is 6.05. The van der Waals surface area contributed by atoms with E-state index in [1.54, 1.807) is 12.1 Å². The van der Waals surface area contributed by atoms with E-state index in [4.69, 9.17) is 27.9 Å². The van der Waals surface area contributed by atoms with Crippen LogP contribution in [0.3, 0.4) is 0 Å². The normalized spacial score (nSPS) is 16.6. The third kappa shape index (κ3) is 5.11. The Kier molecular flexibility index (Phi) is 6.19. The standard InChI is InChI=1S/C19H20Cl2N2O2/c20-16-8-5-14(10-17(16)21)12-25-15-6-3-13(4-7-15)11-23-19(24)18-2-1-9-22-18/h3-8,10,18,22H,1-2,9,11-12H2,(H,23,24)/t18-/m0/s1. The summed E-state index contributed by atoms with van der Waals surface area (Å²) in [7, 11) is 0. The fourth-order valence-corrected chi connectivity index (χ4v) is 3.04. The maximum atomic E-state index is 12.0. The number of carbonyl (C=O) groups excluding carboxylic acids is 1. The van der Waals surface area contributed by atoms with E-state index in [0.717, 1.165) is 36.3 Å². The Morgan fingerprint density at radius 1 is 1.12 bits per heavy atom. The van der Waals surface area contributed by atoms with Gasteiger partial charge in [-0.15, -0.1) is 0 Å². The van der Waals surface area contributed by atoms with Crippen LogP contribution in [0.15, 0.2) is 42.5 Å². The third-order valence-corrected chi connectivity index (χ3v) is 4.90. The third-order valence-electron chi connectivity index (χ3n) is 4.16. The topological polar surface area (TPSA) is 50.4 Å². The molecule has 4 nitrogen and oxygen atoms in total. The average Bonchev–Trinajstić information content (AvgIpc) is 3.16. The molecule has 0 saturated carbocycles. The molecule has 0 spiro atoms. The van der Waals surface area contributed by atoms with Crippen molar-refractivity contribution in [3.63, 3.8) is 0 Å². The minimum Gasteiger partial charge on any atom is -0.489 e. The highest BCUT2D eigenvalue weighted by molar-refractivity contribution is 6.42. The van der Waals surface area contributed by atoms with Gasteiger partial charge >= 0.3 is 0 Å². The summed E-state index contributed by atoms with van der Waals surface area (Å²) in [5.74, 6) is 0.830. The largest absolute Gasteiger partial charge is 0.489 e. The Hall–Kier alpha value is -1.75. The summed E-state index contributed by atoms with van der Waals surface area (Å²) in [6, 6.07) is 13.1. The zero-order valence-electron chi connectivity index (χ0n) is 13.7. The summed E-state index contributed by atoms with van der Waals surface area (Å²) < 4.78 is 5.75. The first-order valence-corrected chi connectivity index (χ1v) is 9.04. The van der Waals surface area contributed by atoms with Crippen molar-refractivity contribution in [1.82, 2.24) is 10.6 Å². The van der Waals surface area contributed by atoms with Gasteiger partial charge in [-0.2, -0.15) is 0 Å². The van der Waals surface area contributed by atoms with Crippen LogP contribution in [0.5, 0.6) is 5.75 Å². The number of ether oxygens (including phenoxy) is 1. The van der Waals surface area contributed by atoms with Crippen molar-refractivity contribution in [2.24, 2.45) is 0 Å². The molecule has 1 aliphatic rings. The van der Waals surface area contributed by atoms with Gasteiger partial charge in [0.25, 0.3) is 0 Å². The fraction of sp³-hybridized carbons (Fsp3) is 0.316. The minimum absolute atomic E-state index is 0.0474. The summed E-state index contributed by atoms with van der Waals surface area (Å²) in [4.78, 5) is 12.0. The van der Waals surface area contributed by atoms with Crippen molar-refractivity contribution in [1.29, 1.82) is 0 Å². The lowest BCUT2D eigenvalue weighted by molar-refractivity contribution is -0.122. The summed E-state index contributed by atoms with van der Waals surface area (Å²) in [5.41, 5.74) is 1.99. The minimum atomic E-state index is -0.0474. The Morgan fingerprint density at radius 3 is 2.56 bits per heavy atom. The first-order chi connectivity index (χ1) is 12.1. The predicted octanol–water partition coefficient (Wildman–Crippen LogP) is 3.94. The van der Waals surface area contributed by atoms with Crippen LogP contribution < -0.4 is 15.4 Å². The summed E-state index contributed by atoms with van der Waals surface area (Å²) in [5, 5.41) is 7.20. The zero-order valence-corrected chi connectivity index (χ0v) is 15.2. The SMILES string of the molecule is O=C(NCc1ccc(OCc2ccc(Cl)c(Cl)c2)cc1)[C@@H]1CCCN1. The molecule has 132 valence electrons. The van der Waals surface area contributed by atoms with Crippen LogP contribution in [0, 0.1) is 0 Å². The van der Waals surface area contributed by atoms with Crippen molar-refractivity contribution >= 4 is 29.1 Å². The molecule has 2 N–H and O–H groups in total. The molecule has 0 aliphatic carbocycles. The van der Waals surface area contributed by atoms with Crippen LogP contribution in [0.25, 0.3) is 0 Å². The predicted molar refractivity (Wildman–Crippen MR) is 100 cm³/mol. The van der Waals surface area contributed by atoms with Gasteiger partial charge in [0.05, 0.1) is 16.1 Å². The molecule has 0 bridgehead atoms. The first kappa shape index (κ1) is 18.1. The Balaban J connectivity index is 1.48. The molecule has 1 heterocycles. The maximum Gasteiger partial charge on any atom is 0.237 e. The van der Waals surface area contributed by atoms with Gasteiger partial charge in [-0.3, -0.25) is 4.79 Å². The molecular formula is C19H20Cl2N2O2. The molecule has 0 unspecified atom stereocenters. The van der Waals surface area contributed by atoms with Gasteiger partial charge < -0.3 is 15.4 Å². The van der Waals surface area contributed by atoms with Gasteiger partial charge in [0.15, 0.2) is 0 Å². The number of benzene rings is 2. The molecule has 0 radical (unpaired) electrons. The molecule has 1 atom stereocenters. The number of hydrogen-bond donors (Lipinski definition) is 2. The van der Waals surface area contributed by atoms with Crippen molar-refractivity contribution in [2.45, 2.75) is 32.0 Å². The van der Waals surface area contributed by atoms with Gasteiger partial charge in [0.2, 0.25) is 5.91 Å². The molecule has 1 saturated heterocycles. The Bertz CT molecular complexity index is 729. The highest BCUT2D eigenvalue weighted by Gasteiger charge is 2.21. The first-order valence-electron chi connectivity index (χ1n) is 8.28. The molecule has 0 aromatic heterocycles. The summed E-state index contributed by atoms with van der Waals surface area (Å²) >= 11 is 11.9. The van der Waals surface area contributed by atoms with Crippen LogP contribution in [0.4, 0.5) is 0 Å². The molecule has 25 heavy (non-hydrogen) atoms. The molecule has 2 aromatic carbocycles. The molecule has 6 heteroatoms. The number of rotatable bonds is 6. The highest BCUT2D eigenvalue weighted by atomic mass is 35.5. The number of nitrogens with one attached hydrogen (secondary N) is 2. The van der Waals surface area contributed by atoms with E-state index in [1.165, 1.54) is 0 Å². The number of halogens is 2. The van der Waals surface area contributed by atoms with Crippen molar-refractivity contribution in [3.8, 4) is 5.75 Å². The Labute approximate surface area is 157 Å². The summed E-state index contributed by atoms with van der Waals surface area (Å²) in [6.07, 6.45) is 1.97. The molecule has 1 fully saturated rings. The lowest BCUT2D eigenvalue weighted by Crippen LogP contribution is -2.39. The molecule has 2 aromatic rings. The molecule has 1 amide bonds. The van der Waals surface area contributed by atoms with Crippen molar-refractivity contribution in [3.05, 3.63) is 63.6 Å². The zero-order chi connectivity index (χ0) is 17.6. The van der Waals surface area contributed by atoms with Gasteiger partial charge in [-0.05, 0) is 54.8 Å². The van der Waals surface area contributed by atoms with Crippen molar-refractivity contribution in [2.75, 3.05) is 6.54 Å². The molecule has 1 aliphatic heterocycles. The Morgan fingerprint density at radius 2 is 1.88 bits per heavy atom. The van der Waals surface area contributed by atoms with Crippen LogP contribution in [-0.2, 0) is 17.9 Å². The molecular weight excluding hydrogens is 359 g/mol. The van der Waals surface area contributed by atoms with E-state index in [9.17, 15) is 4.79 Å². The van der Waals surface area contributed by atoms with Crippen LogP contribution >= 0.6 is 23.2 Å². The van der Waals surface area contributed by atoms with Crippen LogP contribution in [-0.4, -0.2) is 18.5 Å². The number of hydrogen-bond acceptors (Lipinski definition) is 3. The van der Waals surface area contributed by atoms with Gasteiger partial charge in [0, 0.05) is 6.54 Å². The highest BCUT2D eigenvalue weighted by Crippen LogP contribution is 2.23. The maximum absolute atomic E-state index is 12.0. The second-order valence-corrected chi connectivity index (χ2v) is 6.86. The van der Waals surface area contributed by atoms with Crippen molar-refractivity contribution < 1.29 is 9.53 Å². The number of carbonyl (C=O) groups is 1. The van der Waals surface area contributed by atoms with Crippen LogP contribution in [0.2, 0.25) is 10.0 Å². The van der Waals surface area contributed by atoms with Crippen LogP contribution in [0.1, 0.15) is 24.0 Å². The smallest absolute Gasteiger partial charge is 0.237 e. The van der Waals surface area contributed by atoms with E-state index in [2.05, 4.69) is 10.6 Å². The van der Waals surface area contributed by atoms with E-state index < -0.39 is 0 Å². The second kappa shape index (κ2) is 8.56. The van der Waals surface area contributed by atoms with E-state index >= 15 is 0 Å². The van der Waals surface area contributed by atoms with Gasteiger partial charge in [-0.25, -0.2) is 0 Å². The lowest BCUT2D eigenvalue weighted by atomic mass is 10.2. The fourth-order valence-electron chi connectivity index (χ4n) is 2.72. The van der Waals surface area contributed by atoms with Gasteiger partial charge in [-0.1, -0.05) is 41.4 Å². The summed E-state index contributed by atoms with van der Waals surface area (Å²) in [6.45, 7) is 1.85. The van der Waals surface area contributed by atoms with E-state index in [0.29, 0.717) is 23.2 Å². The van der Waals surface area contributed by atoms with E-state index in [-0.39, 0.29) is 11.9 Å². The number of amides is 1. The van der Waals surface area contributed by atoms with E-state index in [1.807, 2.05) is 30.3 Å². The van der Waals surface area contributed by atoms with Gasteiger partial charge in [0.1, 0.15) is 12.4 Å². The molecule has 3 rings (SSSR count). The average molecular weight is 379 g/mol. The monoisotopic (exact) mass is 378 g/mol.